The number of anilines is 2. The number of carbonyl (C=O) groups is 4. The number of pyridine rings is 1. The standard InChI is InChI=1S/C34H20Cl3F8IN4O6/c1-48(27-14(35)5-6-17(47-27)34(43,44)45)50-28(52)12-4-3-11-13(18(12)29(50)53)9-32(36)30(54)49(25-23(41)21(39)20(38)22(40)24(25)42)31(55)33(32,37)19(11)10-7-15(46)26(51)16(8-10)56-2/h3,5-8,12-13,18-19,51H,4,9H2,1-2H3/t12-,13+,18-,19-,32+,33-/m0/s1. The minimum atomic E-state index is -4.95. The molecule has 3 heterocycles. The smallest absolute Gasteiger partial charge is 0.433 e. The Morgan fingerprint density at radius 3 is 2.14 bits per heavy atom. The SMILES string of the molecule is COc1cc([C@H]2C3=CC[C@@H]4C(=O)N(N(C)c5nc(C(F)(F)F)ccc5Cl)C(=O)[C@@H]4[C@@H]3C[C@@]3(Cl)C(=O)N(c4c(F)c(F)c(F)c(F)c4F)C(=O)[C@@]23Cl)cc(I)c1O. The van der Waals surface area contributed by atoms with Crippen molar-refractivity contribution in [1.29, 1.82) is 0 Å². The number of benzene rings is 2. The third-order valence-corrected chi connectivity index (χ3v) is 13.1. The van der Waals surface area contributed by atoms with Gasteiger partial charge in [-0.2, -0.15) is 18.2 Å². The van der Waals surface area contributed by atoms with Crippen molar-refractivity contribution in [2.24, 2.45) is 17.8 Å². The molecule has 7 rings (SSSR count). The van der Waals surface area contributed by atoms with Crippen molar-refractivity contribution < 1.29 is 64.1 Å². The lowest BCUT2D eigenvalue weighted by Crippen LogP contribution is -2.60. The van der Waals surface area contributed by atoms with Gasteiger partial charge in [0.25, 0.3) is 23.6 Å². The molecule has 2 aliphatic carbocycles. The van der Waals surface area contributed by atoms with Crippen LogP contribution in [0.2, 0.25) is 5.02 Å². The van der Waals surface area contributed by atoms with Gasteiger partial charge in [0.05, 0.1) is 27.5 Å². The van der Waals surface area contributed by atoms with E-state index in [1.807, 2.05) is 0 Å². The summed E-state index contributed by atoms with van der Waals surface area (Å²) in [5.41, 5.74) is -3.33. The fraction of sp³-hybridized carbons (Fsp3) is 0.324. The monoisotopic (exact) mass is 964 g/mol. The highest BCUT2D eigenvalue weighted by Crippen LogP contribution is 2.66. The Hall–Kier alpha value is -3.95. The Morgan fingerprint density at radius 2 is 1.55 bits per heavy atom. The second-order valence-corrected chi connectivity index (χ2v) is 16.1. The lowest BCUT2D eigenvalue weighted by Gasteiger charge is -2.50. The van der Waals surface area contributed by atoms with Crippen LogP contribution in [-0.4, -0.2) is 62.6 Å². The molecule has 2 aromatic carbocycles. The summed E-state index contributed by atoms with van der Waals surface area (Å²) in [6.07, 6.45) is -4.66. The molecule has 0 radical (unpaired) electrons. The van der Waals surface area contributed by atoms with Crippen LogP contribution < -0.4 is 14.6 Å². The number of fused-ring (bicyclic) bond motifs is 4. The molecule has 1 saturated carbocycles. The molecule has 1 aromatic heterocycles. The maximum absolute atomic E-state index is 15.3. The van der Waals surface area contributed by atoms with Crippen LogP contribution >= 0.6 is 57.4 Å². The molecule has 4 amide bonds. The van der Waals surface area contributed by atoms with Crippen LogP contribution in [0.25, 0.3) is 0 Å². The highest BCUT2D eigenvalue weighted by atomic mass is 127. The second kappa shape index (κ2) is 13.3. The molecule has 1 N–H and O–H groups in total. The first-order chi connectivity index (χ1) is 26.0. The molecule has 10 nitrogen and oxygen atoms in total. The number of phenols is 1. The Kier molecular flexibility index (Phi) is 9.56. The van der Waals surface area contributed by atoms with Crippen LogP contribution in [0.5, 0.6) is 11.5 Å². The van der Waals surface area contributed by atoms with Gasteiger partial charge in [-0.3, -0.25) is 24.2 Å². The van der Waals surface area contributed by atoms with E-state index in [1.54, 1.807) is 22.6 Å². The highest BCUT2D eigenvalue weighted by Gasteiger charge is 2.77. The summed E-state index contributed by atoms with van der Waals surface area (Å²) in [6, 6.07) is 3.90. The van der Waals surface area contributed by atoms with Gasteiger partial charge in [-0.05, 0) is 71.2 Å². The van der Waals surface area contributed by atoms with Gasteiger partial charge in [0, 0.05) is 13.0 Å². The van der Waals surface area contributed by atoms with Gasteiger partial charge >= 0.3 is 6.18 Å². The number of carbonyl (C=O) groups excluding carboxylic acids is 4. The first-order valence-corrected chi connectivity index (χ1v) is 18.2. The van der Waals surface area contributed by atoms with E-state index in [2.05, 4.69) is 4.98 Å². The molecule has 2 saturated heterocycles. The molecule has 0 bridgehead atoms. The summed E-state index contributed by atoms with van der Waals surface area (Å²) < 4.78 is 120. The summed E-state index contributed by atoms with van der Waals surface area (Å²) in [6.45, 7) is 0. The number of ether oxygens (including phenoxy) is 1. The number of rotatable bonds is 5. The van der Waals surface area contributed by atoms with Crippen LogP contribution in [0.3, 0.4) is 0 Å². The van der Waals surface area contributed by atoms with E-state index >= 15 is 8.78 Å². The van der Waals surface area contributed by atoms with Gasteiger partial charge in [0.2, 0.25) is 5.82 Å². The third-order valence-electron chi connectivity index (χ3n) is 10.5. The molecular weight excluding hydrogens is 946 g/mol. The van der Waals surface area contributed by atoms with Crippen LogP contribution in [0.15, 0.2) is 35.9 Å². The number of halogens is 12. The average molecular weight is 966 g/mol. The Labute approximate surface area is 338 Å². The van der Waals surface area contributed by atoms with Crippen molar-refractivity contribution >= 4 is 92.5 Å². The molecule has 3 fully saturated rings. The van der Waals surface area contributed by atoms with Crippen LogP contribution in [-0.2, 0) is 25.4 Å². The van der Waals surface area contributed by atoms with Gasteiger partial charge in [0.15, 0.2) is 50.3 Å². The lowest BCUT2D eigenvalue weighted by molar-refractivity contribution is -0.141. The van der Waals surface area contributed by atoms with Crippen molar-refractivity contribution in [3.63, 3.8) is 0 Å². The van der Waals surface area contributed by atoms with E-state index < -0.39 is 122 Å². The molecule has 3 aromatic rings. The number of hydrogen-bond donors (Lipinski definition) is 1. The molecule has 296 valence electrons. The topological polar surface area (TPSA) is 120 Å². The molecule has 0 spiro atoms. The number of hydrogen-bond acceptors (Lipinski definition) is 8. The number of allylic oxidation sites excluding steroid dienone is 2. The maximum atomic E-state index is 15.3. The van der Waals surface area contributed by atoms with Crippen molar-refractivity contribution in [2.75, 3.05) is 24.1 Å². The van der Waals surface area contributed by atoms with E-state index in [-0.39, 0.29) is 36.8 Å². The van der Waals surface area contributed by atoms with E-state index in [4.69, 9.17) is 39.5 Å². The molecule has 4 aliphatic rings. The Bertz CT molecular complexity index is 2330. The van der Waals surface area contributed by atoms with E-state index in [0.29, 0.717) is 16.1 Å². The van der Waals surface area contributed by atoms with Gasteiger partial charge in [-0.1, -0.05) is 23.3 Å². The van der Waals surface area contributed by atoms with Crippen molar-refractivity contribution in [1.82, 2.24) is 9.99 Å². The second-order valence-electron chi connectivity index (χ2n) is 13.3. The lowest BCUT2D eigenvalue weighted by atomic mass is 9.56. The number of methoxy groups -OCH3 is 1. The molecule has 0 unspecified atom stereocenters. The molecule has 6 atom stereocenters. The zero-order chi connectivity index (χ0) is 41.3. The van der Waals surface area contributed by atoms with E-state index in [9.17, 15) is 50.6 Å². The third kappa shape index (κ3) is 5.35. The number of aromatic nitrogens is 1. The maximum Gasteiger partial charge on any atom is 0.433 e. The van der Waals surface area contributed by atoms with E-state index in [0.717, 1.165) is 13.1 Å². The number of amides is 4. The Balaban J connectivity index is 1.41. The minimum Gasteiger partial charge on any atom is -0.504 e. The van der Waals surface area contributed by atoms with Crippen LogP contribution in [0, 0.1) is 50.4 Å². The predicted molar refractivity (Wildman–Crippen MR) is 188 cm³/mol. The summed E-state index contributed by atoms with van der Waals surface area (Å²) in [5.74, 6) is -25.2. The number of aromatic hydroxyl groups is 1. The highest BCUT2D eigenvalue weighted by molar-refractivity contribution is 14.1. The predicted octanol–water partition coefficient (Wildman–Crippen LogP) is 7.38. The fourth-order valence-electron chi connectivity index (χ4n) is 8.05. The zero-order valence-corrected chi connectivity index (χ0v) is 32.3. The number of nitrogens with zero attached hydrogens (tertiary/aromatic N) is 4. The normalized spacial score (nSPS) is 27.4. The molecule has 56 heavy (non-hydrogen) atoms. The zero-order valence-electron chi connectivity index (χ0n) is 27.9. The molecule has 22 heteroatoms. The number of alkyl halides is 5. The van der Waals surface area contributed by atoms with Crippen molar-refractivity contribution in [3.05, 3.63) is 84.9 Å². The van der Waals surface area contributed by atoms with Crippen LogP contribution in [0.4, 0.5) is 46.6 Å². The van der Waals surface area contributed by atoms with E-state index in [1.165, 1.54) is 25.3 Å². The van der Waals surface area contributed by atoms with Gasteiger partial charge < -0.3 is 9.84 Å². The Morgan fingerprint density at radius 1 is 0.946 bits per heavy atom. The number of imide groups is 2. The summed E-state index contributed by atoms with van der Waals surface area (Å²) in [4.78, 5) is 54.7. The van der Waals surface area contributed by atoms with Crippen molar-refractivity contribution in [3.8, 4) is 11.5 Å². The van der Waals surface area contributed by atoms with Crippen LogP contribution in [0.1, 0.15) is 30.0 Å². The minimum absolute atomic E-state index is 0.0374. The summed E-state index contributed by atoms with van der Waals surface area (Å²) in [5, 5.41) is 11.5. The number of hydrazine groups is 1. The van der Waals surface area contributed by atoms with Gasteiger partial charge in [0.1, 0.15) is 11.4 Å². The molecular formula is C34H20Cl3F8IN4O6. The quantitative estimate of drug-likeness (QED) is 0.0536. The van der Waals surface area contributed by atoms with Crippen molar-refractivity contribution in [2.45, 2.75) is 34.7 Å². The largest absolute Gasteiger partial charge is 0.504 e. The molecule has 2 aliphatic heterocycles. The first kappa shape index (κ1) is 40.3. The van der Waals surface area contributed by atoms with Gasteiger partial charge in [-0.15, -0.1) is 23.2 Å². The summed E-state index contributed by atoms with van der Waals surface area (Å²) in [7, 11) is 2.22. The fourth-order valence-corrected chi connectivity index (χ4v) is 9.83. The first-order valence-electron chi connectivity index (χ1n) is 15.9. The average Bonchev–Trinajstić information content (AvgIpc) is 3.48. The van der Waals surface area contributed by atoms with Gasteiger partial charge in [-0.25, -0.2) is 31.8 Å². The summed E-state index contributed by atoms with van der Waals surface area (Å²) >= 11 is 22.1. The number of phenolic OH excluding ortho intramolecular Hbond substituents is 1.